The number of anilines is 1. The maximum absolute atomic E-state index is 11.7. The second-order valence-electron chi connectivity index (χ2n) is 3.47. The minimum Gasteiger partial charge on any atom is -0.393 e. The van der Waals surface area contributed by atoms with Gasteiger partial charge in [0.05, 0.1) is 10.5 Å². The molecule has 0 unspecified atom stereocenters. The number of primary amides is 1. The van der Waals surface area contributed by atoms with Gasteiger partial charge >= 0.3 is 0 Å². The summed E-state index contributed by atoms with van der Waals surface area (Å²) in [5.41, 5.74) is 9.88. The molecular formula is C10H12N4O4. The van der Waals surface area contributed by atoms with E-state index in [0.717, 1.165) is 0 Å². The fourth-order valence-corrected chi connectivity index (χ4v) is 1.30. The van der Waals surface area contributed by atoms with Crippen LogP contribution >= 0.6 is 0 Å². The Morgan fingerprint density at radius 3 is 2.61 bits per heavy atom. The topological polar surface area (TPSA) is 141 Å². The number of amides is 2. The Kier molecular flexibility index (Phi) is 4.19. The van der Waals surface area contributed by atoms with Crippen LogP contribution in [0.15, 0.2) is 18.2 Å². The Morgan fingerprint density at radius 2 is 2.06 bits per heavy atom. The van der Waals surface area contributed by atoms with E-state index >= 15 is 0 Å². The average molecular weight is 252 g/mol. The van der Waals surface area contributed by atoms with Gasteiger partial charge in [0.15, 0.2) is 0 Å². The zero-order valence-corrected chi connectivity index (χ0v) is 9.38. The number of nitrogens with zero attached hydrogens (tertiary/aromatic N) is 1. The lowest BCUT2D eigenvalue weighted by atomic mass is 10.1. The second-order valence-corrected chi connectivity index (χ2v) is 3.47. The van der Waals surface area contributed by atoms with Crippen LogP contribution in [0.5, 0.6) is 0 Å². The predicted octanol–water partition coefficient (Wildman–Crippen LogP) is -0.218. The number of para-hydroxylation sites is 1. The molecule has 96 valence electrons. The van der Waals surface area contributed by atoms with Gasteiger partial charge in [-0.15, -0.1) is 0 Å². The van der Waals surface area contributed by atoms with Gasteiger partial charge < -0.3 is 16.8 Å². The number of hydrogen-bond acceptors (Lipinski definition) is 5. The summed E-state index contributed by atoms with van der Waals surface area (Å²) in [5.74, 6) is -1.14. The van der Waals surface area contributed by atoms with E-state index < -0.39 is 16.7 Å². The SMILES string of the molecule is NC(=O)CCNC(=O)c1cccc([N+](=O)[O-])c1N. The van der Waals surface area contributed by atoms with Crippen LogP contribution in [0.25, 0.3) is 0 Å². The number of rotatable bonds is 5. The van der Waals surface area contributed by atoms with Crippen LogP contribution in [-0.2, 0) is 4.79 Å². The van der Waals surface area contributed by atoms with Crippen LogP contribution in [-0.4, -0.2) is 23.3 Å². The van der Waals surface area contributed by atoms with Crippen molar-refractivity contribution in [3.63, 3.8) is 0 Å². The lowest BCUT2D eigenvalue weighted by molar-refractivity contribution is -0.383. The number of hydrogen-bond donors (Lipinski definition) is 3. The largest absolute Gasteiger partial charge is 0.393 e. The number of nitro benzene ring substituents is 1. The van der Waals surface area contributed by atoms with Gasteiger partial charge in [0.1, 0.15) is 5.69 Å². The number of nitro groups is 1. The maximum Gasteiger partial charge on any atom is 0.292 e. The molecule has 8 heteroatoms. The van der Waals surface area contributed by atoms with Crippen LogP contribution in [0.1, 0.15) is 16.8 Å². The highest BCUT2D eigenvalue weighted by Gasteiger charge is 2.18. The van der Waals surface area contributed by atoms with E-state index in [1.54, 1.807) is 0 Å². The molecule has 2 amide bonds. The van der Waals surface area contributed by atoms with Crippen molar-refractivity contribution in [2.75, 3.05) is 12.3 Å². The smallest absolute Gasteiger partial charge is 0.292 e. The first-order valence-corrected chi connectivity index (χ1v) is 5.03. The molecule has 0 fully saturated rings. The van der Waals surface area contributed by atoms with E-state index in [9.17, 15) is 19.7 Å². The maximum atomic E-state index is 11.7. The van der Waals surface area contributed by atoms with E-state index in [0.29, 0.717) is 0 Å². The summed E-state index contributed by atoms with van der Waals surface area (Å²) < 4.78 is 0. The third-order valence-corrected chi connectivity index (χ3v) is 2.18. The van der Waals surface area contributed by atoms with Crippen LogP contribution in [0.4, 0.5) is 11.4 Å². The Balaban J connectivity index is 2.83. The van der Waals surface area contributed by atoms with Crippen molar-refractivity contribution in [2.45, 2.75) is 6.42 Å². The number of carbonyl (C=O) groups excluding carboxylic acids is 2. The molecule has 1 rings (SSSR count). The van der Waals surface area contributed by atoms with E-state index in [4.69, 9.17) is 11.5 Å². The molecule has 0 aromatic heterocycles. The number of nitrogens with two attached hydrogens (primary N) is 2. The van der Waals surface area contributed by atoms with Gasteiger partial charge in [0, 0.05) is 19.0 Å². The third-order valence-electron chi connectivity index (χ3n) is 2.18. The Bertz CT molecular complexity index is 501. The third kappa shape index (κ3) is 3.17. The van der Waals surface area contributed by atoms with Gasteiger partial charge in [-0.2, -0.15) is 0 Å². The van der Waals surface area contributed by atoms with Crippen molar-refractivity contribution in [3.05, 3.63) is 33.9 Å². The molecule has 8 nitrogen and oxygen atoms in total. The van der Waals surface area contributed by atoms with Gasteiger partial charge in [-0.05, 0) is 6.07 Å². The summed E-state index contributed by atoms with van der Waals surface area (Å²) >= 11 is 0. The summed E-state index contributed by atoms with van der Waals surface area (Å²) in [6.07, 6.45) is -0.0133. The fraction of sp³-hybridized carbons (Fsp3) is 0.200. The highest BCUT2D eigenvalue weighted by Crippen LogP contribution is 2.24. The van der Waals surface area contributed by atoms with Crippen molar-refractivity contribution in [3.8, 4) is 0 Å². The lowest BCUT2D eigenvalue weighted by Gasteiger charge is -2.06. The molecule has 0 atom stereocenters. The van der Waals surface area contributed by atoms with E-state index in [1.165, 1.54) is 18.2 Å². The molecule has 0 saturated carbocycles. The molecule has 1 aromatic rings. The van der Waals surface area contributed by atoms with E-state index in [-0.39, 0.29) is 29.9 Å². The second kappa shape index (κ2) is 5.62. The standard InChI is InChI=1S/C10H12N4O4/c11-8(15)4-5-13-10(16)6-2-1-3-7(9(6)12)14(17)18/h1-3H,4-5,12H2,(H2,11,15)(H,13,16). The summed E-state index contributed by atoms with van der Waals surface area (Å²) in [6, 6.07) is 3.93. The normalized spacial score (nSPS) is 9.78. The summed E-state index contributed by atoms with van der Waals surface area (Å²) in [4.78, 5) is 32.1. The van der Waals surface area contributed by atoms with Gasteiger partial charge in [0.2, 0.25) is 5.91 Å². The molecule has 0 saturated heterocycles. The van der Waals surface area contributed by atoms with Crippen molar-refractivity contribution < 1.29 is 14.5 Å². The molecule has 0 aliphatic heterocycles. The first-order valence-electron chi connectivity index (χ1n) is 5.03. The highest BCUT2D eigenvalue weighted by atomic mass is 16.6. The minimum atomic E-state index is -0.671. The number of nitrogen functional groups attached to an aromatic ring is 1. The van der Waals surface area contributed by atoms with Crippen LogP contribution in [0.3, 0.4) is 0 Å². The van der Waals surface area contributed by atoms with Crippen LogP contribution in [0.2, 0.25) is 0 Å². The monoisotopic (exact) mass is 252 g/mol. The molecule has 1 aromatic carbocycles. The Labute approximate surface area is 102 Å². The van der Waals surface area contributed by atoms with Crippen molar-refractivity contribution >= 4 is 23.2 Å². The molecule has 18 heavy (non-hydrogen) atoms. The zero-order chi connectivity index (χ0) is 13.7. The average Bonchev–Trinajstić information content (AvgIpc) is 2.28. The van der Waals surface area contributed by atoms with Crippen molar-refractivity contribution in [2.24, 2.45) is 5.73 Å². The summed E-state index contributed by atoms with van der Waals surface area (Å²) in [7, 11) is 0. The first kappa shape index (κ1) is 13.4. The molecule has 0 bridgehead atoms. The molecule has 0 aliphatic carbocycles. The fourth-order valence-electron chi connectivity index (χ4n) is 1.30. The quantitative estimate of drug-likeness (QED) is 0.377. The summed E-state index contributed by atoms with van der Waals surface area (Å²) in [6.45, 7) is 0.0519. The zero-order valence-electron chi connectivity index (χ0n) is 9.38. The van der Waals surface area contributed by atoms with Gasteiger partial charge in [-0.25, -0.2) is 0 Å². The molecule has 5 N–H and O–H groups in total. The highest BCUT2D eigenvalue weighted by molar-refractivity contribution is 6.01. The molecule has 0 spiro atoms. The Morgan fingerprint density at radius 1 is 1.39 bits per heavy atom. The van der Waals surface area contributed by atoms with E-state index in [2.05, 4.69) is 5.32 Å². The minimum absolute atomic E-state index is 0.00586. The lowest BCUT2D eigenvalue weighted by Crippen LogP contribution is -2.28. The van der Waals surface area contributed by atoms with Crippen molar-refractivity contribution in [1.82, 2.24) is 5.32 Å². The molecule has 0 radical (unpaired) electrons. The predicted molar refractivity (Wildman–Crippen MR) is 63.7 cm³/mol. The molecule has 0 aliphatic rings. The van der Waals surface area contributed by atoms with Gasteiger partial charge in [-0.1, -0.05) is 6.07 Å². The van der Waals surface area contributed by atoms with Crippen molar-refractivity contribution in [1.29, 1.82) is 0 Å². The van der Waals surface area contributed by atoms with Gasteiger partial charge in [0.25, 0.3) is 11.6 Å². The molecular weight excluding hydrogens is 240 g/mol. The number of nitrogens with one attached hydrogen (secondary N) is 1. The van der Waals surface area contributed by atoms with E-state index in [1.807, 2.05) is 0 Å². The summed E-state index contributed by atoms with van der Waals surface area (Å²) in [5, 5.41) is 13.0. The Hall–Kier alpha value is -2.64. The van der Waals surface area contributed by atoms with Gasteiger partial charge in [-0.3, -0.25) is 19.7 Å². The number of carbonyl (C=O) groups is 2. The number of benzene rings is 1. The first-order chi connectivity index (χ1) is 8.43. The van der Waals surface area contributed by atoms with Crippen LogP contribution in [0, 0.1) is 10.1 Å². The molecule has 0 heterocycles. The van der Waals surface area contributed by atoms with Crippen LogP contribution < -0.4 is 16.8 Å².